The molecular weight excluding hydrogens is 240 g/mol. The summed E-state index contributed by atoms with van der Waals surface area (Å²) in [4.78, 5) is 15.1. The molecule has 1 aliphatic rings. The summed E-state index contributed by atoms with van der Waals surface area (Å²) in [6.45, 7) is 2.91. The van der Waals surface area contributed by atoms with Crippen LogP contribution in [0.25, 0.3) is 0 Å². The molecule has 0 radical (unpaired) electrons. The maximum Gasteiger partial charge on any atom is 0.245 e. The van der Waals surface area contributed by atoms with Crippen LogP contribution in [0.4, 0.5) is 0 Å². The first-order valence-corrected chi connectivity index (χ1v) is 7.41. The minimum atomic E-state index is -0.481. The Bertz CT molecular complexity index is 353. The lowest BCUT2D eigenvalue weighted by atomic mass is 10.2. The SMILES string of the molecule is CC1CSCCN1C(=O)C(N)c1cccs1. The molecule has 1 amide bonds. The predicted molar refractivity (Wildman–Crippen MR) is 69.7 cm³/mol. The number of rotatable bonds is 2. The average Bonchev–Trinajstić information content (AvgIpc) is 2.81. The molecule has 1 aliphatic heterocycles. The van der Waals surface area contributed by atoms with Crippen LogP contribution in [0.2, 0.25) is 0 Å². The molecule has 1 aromatic rings. The molecular formula is C11H16N2OS2. The number of nitrogens with two attached hydrogens (primary N) is 1. The molecule has 0 spiro atoms. The highest BCUT2D eigenvalue weighted by molar-refractivity contribution is 7.99. The van der Waals surface area contributed by atoms with Gasteiger partial charge in [-0.15, -0.1) is 11.3 Å². The lowest BCUT2D eigenvalue weighted by molar-refractivity contribution is -0.134. The average molecular weight is 256 g/mol. The van der Waals surface area contributed by atoms with E-state index in [1.54, 1.807) is 11.3 Å². The van der Waals surface area contributed by atoms with Crippen LogP contribution >= 0.6 is 23.1 Å². The molecule has 5 heteroatoms. The topological polar surface area (TPSA) is 46.3 Å². The fourth-order valence-corrected chi connectivity index (χ4v) is 3.56. The highest BCUT2D eigenvalue weighted by atomic mass is 32.2. The number of thioether (sulfide) groups is 1. The van der Waals surface area contributed by atoms with Crippen LogP contribution in [-0.2, 0) is 4.79 Å². The Morgan fingerprint density at radius 2 is 2.50 bits per heavy atom. The van der Waals surface area contributed by atoms with Gasteiger partial charge in [0.2, 0.25) is 5.91 Å². The van der Waals surface area contributed by atoms with Gasteiger partial charge in [-0.1, -0.05) is 6.07 Å². The van der Waals surface area contributed by atoms with E-state index in [0.29, 0.717) is 6.04 Å². The van der Waals surface area contributed by atoms with Crippen molar-refractivity contribution in [2.45, 2.75) is 19.0 Å². The number of hydrogen-bond donors (Lipinski definition) is 1. The first kappa shape index (κ1) is 12.0. The van der Waals surface area contributed by atoms with Gasteiger partial charge in [0.1, 0.15) is 6.04 Å². The Morgan fingerprint density at radius 3 is 3.12 bits per heavy atom. The highest BCUT2D eigenvalue weighted by Gasteiger charge is 2.28. The number of amides is 1. The first-order valence-electron chi connectivity index (χ1n) is 5.37. The fraction of sp³-hybridized carbons (Fsp3) is 0.545. The van der Waals surface area contributed by atoms with E-state index >= 15 is 0 Å². The van der Waals surface area contributed by atoms with Crippen LogP contribution in [0, 0.1) is 0 Å². The summed E-state index contributed by atoms with van der Waals surface area (Å²) in [5, 5.41) is 1.96. The standard InChI is InChI=1S/C11H16N2OS2/c1-8-7-15-6-4-13(8)11(14)10(12)9-3-2-5-16-9/h2-3,5,8,10H,4,6-7,12H2,1H3. The molecule has 1 saturated heterocycles. The van der Waals surface area contributed by atoms with Crippen LogP contribution in [-0.4, -0.2) is 34.9 Å². The maximum absolute atomic E-state index is 12.2. The van der Waals surface area contributed by atoms with Gasteiger partial charge in [0, 0.05) is 29.0 Å². The number of thiophene rings is 1. The van der Waals surface area contributed by atoms with Gasteiger partial charge in [0.05, 0.1) is 0 Å². The van der Waals surface area contributed by atoms with Crippen molar-refractivity contribution in [3.05, 3.63) is 22.4 Å². The summed E-state index contributed by atoms with van der Waals surface area (Å²) in [5.41, 5.74) is 5.99. The van der Waals surface area contributed by atoms with Gasteiger partial charge >= 0.3 is 0 Å². The van der Waals surface area contributed by atoms with Gasteiger partial charge in [0.15, 0.2) is 0 Å². The molecule has 1 fully saturated rings. The summed E-state index contributed by atoms with van der Waals surface area (Å²) >= 11 is 3.45. The van der Waals surface area contributed by atoms with E-state index in [4.69, 9.17) is 5.73 Å². The Hall–Kier alpha value is -0.520. The van der Waals surface area contributed by atoms with Gasteiger partial charge < -0.3 is 10.6 Å². The minimum absolute atomic E-state index is 0.0650. The van der Waals surface area contributed by atoms with E-state index in [0.717, 1.165) is 22.9 Å². The van der Waals surface area contributed by atoms with Gasteiger partial charge in [-0.2, -0.15) is 11.8 Å². The van der Waals surface area contributed by atoms with Crippen molar-refractivity contribution in [2.75, 3.05) is 18.1 Å². The van der Waals surface area contributed by atoms with Crippen molar-refractivity contribution < 1.29 is 4.79 Å². The zero-order valence-electron chi connectivity index (χ0n) is 9.26. The van der Waals surface area contributed by atoms with E-state index < -0.39 is 6.04 Å². The van der Waals surface area contributed by atoms with Crippen molar-refractivity contribution >= 4 is 29.0 Å². The van der Waals surface area contributed by atoms with Gasteiger partial charge in [-0.3, -0.25) is 4.79 Å². The van der Waals surface area contributed by atoms with Gasteiger partial charge in [-0.05, 0) is 18.4 Å². The van der Waals surface area contributed by atoms with Crippen LogP contribution in [0.3, 0.4) is 0 Å². The lowest BCUT2D eigenvalue weighted by Crippen LogP contribution is -2.48. The number of hydrogen-bond acceptors (Lipinski definition) is 4. The molecule has 0 saturated carbocycles. The summed E-state index contributed by atoms with van der Waals surface area (Å²) in [7, 11) is 0. The number of carbonyl (C=O) groups is 1. The van der Waals surface area contributed by atoms with Crippen molar-refractivity contribution in [3.63, 3.8) is 0 Å². The van der Waals surface area contributed by atoms with E-state index in [2.05, 4.69) is 6.92 Å². The van der Waals surface area contributed by atoms with E-state index in [1.807, 2.05) is 34.2 Å². The first-order chi connectivity index (χ1) is 7.70. The number of nitrogens with zero attached hydrogens (tertiary/aromatic N) is 1. The second-order valence-electron chi connectivity index (χ2n) is 3.95. The molecule has 1 aromatic heterocycles. The summed E-state index contributed by atoms with van der Waals surface area (Å²) in [5.74, 6) is 2.10. The second kappa shape index (κ2) is 5.21. The van der Waals surface area contributed by atoms with Crippen molar-refractivity contribution in [3.8, 4) is 0 Å². The quantitative estimate of drug-likeness (QED) is 0.876. The van der Waals surface area contributed by atoms with Crippen molar-refractivity contribution in [1.82, 2.24) is 4.90 Å². The van der Waals surface area contributed by atoms with Crippen molar-refractivity contribution in [1.29, 1.82) is 0 Å². The Labute approximate surface area is 104 Å². The lowest BCUT2D eigenvalue weighted by Gasteiger charge is -2.34. The monoisotopic (exact) mass is 256 g/mol. The zero-order valence-corrected chi connectivity index (χ0v) is 10.9. The third kappa shape index (κ3) is 2.42. The smallest absolute Gasteiger partial charge is 0.245 e. The molecule has 0 aliphatic carbocycles. The largest absolute Gasteiger partial charge is 0.337 e. The van der Waals surface area contributed by atoms with E-state index in [9.17, 15) is 4.79 Å². The van der Waals surface area contributed by atoms with Crippen LogP contribution < -0.4 is 5.73 Å². The summed E-state index contributed by atoms with van der Waals surface area (Å²) in [6, 6.07) is 3.68. The molecule has 2 rings (SSSR count). The Morgan fingerprint density at radius 1 is 1.69 bits per heavy atom. The minimum Gasteiger partial charge on any atom is -0.337 e. The number of carbonyl (C=O) groups excluding carboxylic acids is 1. The molecule has 3 nitrogen and oxygen atoms in total. The predicted octanol–water partition coefficient (Wildman–Crippen LogP) is 1.71. The molecule has 88 valence electrons. The molecule has 2 heterocycles. The van der Waals surface area contributed by atoms with Crippen LogP contribution in [0.5, 0.6) is 0 Å². The summed E-state index contributed by atoms with van der Waals surface area (Å²) < 4.78 is 0. The molecule has 0 bridgehead atoms. The zero-order chi connectivity index (χ0) is 11.5. The second-order valence-corrected chi connectivity index (χ2v) is 6.08. The maximum atomic E-state index is 12.2. The van der Waals surface area contributed by atoms with Crippen LogP contribution in [0.15, 0.2) is 17.5 Å². The van der Waals surface area contributed by atoms with E-state index in [-0.39, 0.29) is 5.91 Å². The molecule has 2 atom stereocenters. The Balaban J connectivity index is 2.06. The molecule has 2 N–H and O–H groups in total. The third-order valence-corrected chi connectivity index (χ3v) is 4.91. The Kier molecular flexibility index (Phi) is 3.89. The highest BCUT2D eigenvalue weighted by Crippen LogP contribution is 2.23. The van der Waals surface area contributed by atoms with Crippen LogP contribution in [0.1, 0.15) is 17.8 Å². The molecule has 0 aromatic carbocycles. The fourth-order valence-electron chi connectivity index (χ4n) is 1.82. The third-order valence-electron chi connectivity index (χ3n) is 2.77. The molecule has 2 unspecified atom stereocenters. The van der Waals surface area contributed by atoms with Gasteiger partial charge in [-0.25, -0.2) is 0 Å². The summed E-state index contributed by atoms with van der Waals surface area (Å²) in [6.07, 6.45) is 0. The van der Waals surface area contributed by atoms with Crippen molar-refractivity contribution in [2.24, 2.45) is 5.73 Å². The molecule has 16 heavy (non-hydrogen) atoms. The van der Waals surface area contributed by atoms with E-state index in [1.165, 1.54) is 0 Å². The normalized spacial score (nSPS) is 23.1. The van der Waals surface area contributed by atoms with Gasteiger partial charge in [0.25, 0.3) is 0 Å².